The fraction of sp³-hybridized carbons (Fsp3) is 0.489. The van der Waals surface area contributed by atoms with E-state index in [0.717, 1.165) is 47.7 Å². The van der Waals surface area contributed by atoms with Gasteiger partial charge in [0.2, 0.25) is 0 Å². The Morgan fingerprint density at radius 2 is 1.66 bits per heavy atom. The van der Waals surface area contributed by atoms with Gasteiger partial charge in [0.1, 0.15) is 35.8 Å². The summed E-state index contributed by atoms with van der Waals surface area (Å²) in [6, 6.07) is 10.7. The Bertz CT molecular complexity index is 2190. The summed E-state index contributed by atoms with van der Waals surface area (Å²) in [4.78, 5) is 85.2. The van der Waals surface area contributed by atoms with E-state index in [0.29, 0.717) is 0 Å². The van der Waals surface area contributed by atoms with E-state index in [-0.39, 0.29) is 69.6 Å². The Labute approximate surface area is 369 Å². The largest absolute Gasteiger partial charge is 0.453 e. The predicted molar refractivity (Wildman–Crippen MR) is 225 cm³/mol. The third-order valence-corrected chi connectivity index (χ3v) is 10.4. The molecule has 64 heavy (non-hydrogen) atoms. The van der Waals surface area contributed by atoms with E-state index in [1.54, 1.807) is 51.3 Å². The van der Waals surface area contributed by atoms with E-state index in [9.17, 15) is 33.2 Å². The molecule has 5 amide bonds. The molecule has 0 saturated carbocycles. The Hall–Kier alpha value is -6.24. The van der Waals surface area contributed by atoms with Gasteiger partial charge < -0.3 is 38.6 Å². The molecular weight excluding hydrogens is 842 g/mol. The number of alkyl carbamates (subject to hydrolysis) is 1. The SMILES string of the molecule is CC(=O)O[C@@H](C)C(=O)N(C[C@@H]1CN(C(=O)OC(C)(C)C)C[C@@H]1F)[C@@H](c1nc(-c2cc(F)ccc2F)cn1Cc1ccccc1)C(C)(C)COC(=O)NCCOCCN1C(=O)C=CC1=O. The maximum atomic E-state index is 16.2. The van der Waals surface area contributed by atoms with Gasteiger partial charge in [0.15, 0.2) is 6.10 Å². The number of carbonyl (C=O) groups is 6. The van der Waals surface area contributed by atoms with Gasteiger partial charge in [0, 0.05) is 68.3 Å². The van der Waals surface area contributed by atoms with Gasteiger partial charge in [0.25, 0.3) is 17.7 Å². The number of aromatic nitrogens is 2. The molecule has 19 heteroatoms. The number of ether oxygens (including phenoxy) is 4. The highest BCUT2D eigenvalue weighted by Crippen LogP contribution is 2.42. The van der Waals surface area contributed by atoms with Crippen molar-refractivity contribution in [2.45, 2.75) is 78.9 Å². The van der Waals surface area contributed by atoms with E-state index in [1.165, 1.54) is 22.9 Å². The first-order chi connectivity index (χ1) is 30.1. The highest BCUT2D eigenvalue weighted by atomic mass is 19.1. The number of carbonyl (C=O) groups excluding carboxylic acids is 6. The number of esters is 1. The second-order valence-electron chi connectivity index (χ2n) is 17.3. The lowest BCUT2D eigenvalue weighted by Gasteiger charge is -2.43. The number of likely N-dealkylation sites (tertiary alicyclic amines) is 1. The van der Waals surface area contributed by atoms with Crippen molar-refractivity contribution in [3.8, 4) is 11.3 Å². The van der Waals surface area contributed by atoms with Crippen molar-refractivity contribution in [2.24, 2.45) is 11.3 Å². The topological polar surface area (TPSA) is 179 Å². The number of imidazole rings is 1. The second kappa shape index (κ2) is 21.0. The van der Waals surface area contributed by atoms with Crippen molar-refractivity contribution in [1.29, 1.82) is 0 Å². The maximum Gasteiger partial charge on any atom is 0.410 e. The standard InChI is InChI=1S/C45H55F3N6O10/c1-28(63-29(2)55)41(58)54(24-31-23-52(25-35(31)48)43(60)64-44(3,4)5)39(45(6,7)27-62-42(59)49-17-19-61-20-18-53-37(56)15-16-38(53)57)40-50-36(33-21-32(46)13-14-34(33)47)26-51(40)22-30-11-9-8-10-12-30/h8-16,21,26,28,31,35,39H,17-20,22-25,27H2,1-7H3,(H,49,59)/t28-,31-,35-,39-/m0/s1. The zero-order valence-corrected chi connectivity index (χ0v) is 37.0. The lowest BCUT2D eigenvalue weighted by Crippen LogP contribution is -2.51. The lowest BCUT2D eigenvalue weighted by atomic mass is 9.82. The summed E-state index contributed by atoms with van der Waals surface area (Å²) in [5.74, 6) is -4.86. The molecule has 0 radical (unpaired) electrons. The van der Waals surface area contributed by atoms with Gasteiger partial charge in [0.05, 0.1) is 38.0 Å². The molecule has 2 aromatic carbocycles. The Morgan fingerprint density at radius 1 is 0.969 bits per heavy atom. The molecule has 3 heterocycles. The number of benzene rings is 2. The number of nitrogens with one attached hydrogen (secondary N) is 1. The summed E-state index contributed by atoms with van der Waals surface area (Å²) < 4.78 is 70.0. The van der Waals surface area contributed by atoms with Crippen LogP contribution in [0.5, 0.6) is 0 Å². The molecular formula is C45H55F3N6O10. The minimum absolute atomic E-state index is 0.00196. The van der Waals surface area contributed by atoms with Gasteiger partial charge in [-0.2, -0.15) is 0 Å². The summed E-state index contributed by atoms with van der Waals surface area (Å²) in [6.45, 7) is 9.70. The van der Waals surface area contributed by atoms with Crippen molar-refractivity contribution in [1.82, 2.24) is 29.6 Å². The molecule has 1 aromatic heterocycles. The normalized spacial score (nSPS) is 17.3. The number of nitrogens with zero attached hydrogens (tertiary/aromatic N) is 5. The van der Waals surface area contributed by atoms with Crippen LogP contribution in [0.3, 0.4) is 0 Å². The summed E-state index contributed by atoms with van der Waals surface area (Å²) in [5, 5.41) is 2.57. The number of amides is 5. The van der Waals surface area contributed by atoms with Crippen molar-refractivity contribution < 1.29 is 60.9 Å². The van der Waals surface area contributed by atoms with Crippen molar-refractivity contribution in [2.75, 3.05) is 52.5 Å². The quantitative estimate of drug-likeness (QED) is 0.0728. The zero-order valence-electron chi connectivity index (χ0n) is 37.0. The zero-order chi connectivity index (χ0) is 46.9. The van der Waals surface area contributed by atoms with Crippen LogP contribution in [-0.2, 0) is 44.7 Å². The van der Waals surface area contributed by atoms with Crippen LogP contribution in [-0.4, -0.2) is 131 Å². The Kier molecular flexibility index (Phi) is 16.0. The minimum Gasteiger partial charge on any atom is -0.453 e. The van der Waals surface area contributed by atoms with E-state index in [1.807, 2.05) is 18.2 Å². The Morgan fingerprint density at radius 3 is 2.31 bits per heavy atom. The first-order valence-electron chi connectivity index (χ1n) is 20.8. The van der Waals surface area contributed by atoms with Gasteiger partial charge in [-0.1, -0.05) is 44.2 Å². The summed E-state index contributed by atoms with van der Waals surface area (Å²) in [7, 11) is 0. The lowest BCUT2D eigenvalue weighted by molar-refractivity contribution is -0.161. The van der Waals surface area contributed by atoms with Crippen LogP contribution in [0.25, 0.3) is 11.3 Å². The molecule has 3 aromatic rings. The molecule has 16 nitrogen and oxygen atoms in total. The van der Waals surface area contributed by atoms with E-state index in [2.05, 4.69) is 5.32 Å². The molecule has 0 bridgehead atoms. The van der Waals surface area contributed by atoms with E-state index in [4.69, 9.17) is 23.9 Å². The number of hydrogen-bond donors (Lipinski definition) is 1. The van der Waals surface area contributed by atoms with Crippen LogP contribution < -0.4 is 5.32 Å². The number of halogens is 3. The summed E-state index contributed by atoms with van der Waals surface area (Å²) >= 11 is 0. The smallest absolute Gasteiger partial charge is 0.410 e. The molecule has 0 unspecified atom stereocenters. The molecule has 2 aliphatic rings. The van der Waals surface area contributed by atoms with Crippen LogP contribution in [0.4, 0.5) is 22.8 Å². The number of hydrogen-bond acceptors (Lipinski definition) is 11. The van der Waals surface area contributed by atoms with E-state index < -0.39 is 89.4 Å². The molecule has 5 rings (SSSR count). The van der Waals surface area contributed by atoms with Gasteiger partial charge >= 0.3 is 18.2 Å². The van der Waals surface area contributed by atoms with Crippen molar-refractivity contribution >= 4 is 35.9 Å². The third-order valence-electron chi connectivity index (χ3n) is 10.4. The molecule has 1 fully saturated rings. The van der Waals surface area contributed by atoms with Crippen LogP contribution >= 0.6 is 0 Å². The fourth-order valence-corrected chi connectivity index (χ4v) is 7.39. The van der Waals surface area contributed by atoms with Crippen molar-refractivity contribution in [3.05, 3.63) is 89.9 Å². The molecule has 0 aliphatic carbocycles. The van der Waals surface area contributed by atoms with Crippen LogP contribution in [0.2, 0.25) is 0 Å². The molecule has 0 spiro atoms. The van der Waals surface area contributed by atoms with Crippen LogP contribution in [0.1, 0.15) is 65.9 Å². The summed E-state index contributed by atoms with van der Waals surface area (Å²) in [6.07, 6.45) is -0.870. The molecule has 346 valence electrons. The number of rotatable bonds is 18. The third kappa shape index (κ3) is 12.9. The first-order valence-corrected chi connectivity index (χ1v) is 20.8. The molecule has 2 aliphatic heterocycles. The average Bonchev–Trinajstić information content (AvgIpc) is 3.90. The fourth-order valence-electron chi connectivity index (χ4n) is 7.39. The van der Waals surface area contributed by atoms with Crippen molar-refractivity contribution in [3.63, 3.8) is 0 Å². The van der Waals surface area contributed by atoms with Gasteiger partial charge in [-0.25, -0.2) is 27.7 Å². The maximum absolute atomic E-state index is 16.2. The van der Waals surface area contributed by atoms with Crippen LogP contribution in [0, 0.1) is 23.0 Å². The molecule has 1 saturated heterocycles. The second-order valence-corrected chi connectivity index (χ2v) is 17.3. The number of alkyl halides is 1. The minimum atomic E-state index is -1.64. The van der Waals surface area contributed by atoms with E-state index >= 15 is 8.78 Å². The van der Waals surface area contributed by atoms with Gasteiger partial charge in [-0.3, -0.25) is 24.1 Å². The monoisotopic (exact) mass is 896 g/mol. The first kappa shape index (κ1) is 48.8. The van der Waals surface area contributed by atoms with Crippen LogP contribution in [0.15, 0.2) is 66.9 Å². The van der Waals surface area contributed by atoms with Gasteiger partial charge in [-0.05, 0) is 51.5 Å². The summed E-state index contributed by atoms with van der Waals surface area (Å²) in [5.41, 5.74) is -1.64. The predicted octanol–water partition coefficient (Wildman–Crippen LogP) is 5.60. The molecule has 4 atom stereocenters. The highest BCUT2D eigenvalue weighted by molar-refractivity contribution is 6.12. The van der Waals surface area contributed by atoms with Gasteiger partial charge in [-0.15, -0.1) is 0 Å². The Balaban J connectivity index is 1.51. The average molecular weight is 897 g/mol. The number of imide groups is 1. The highest BCUT2D eigenvalue weighted by Gasteiger charge is 2.47. The molecule has 1 N–H and O–H groups in total.